The predicted octanol–water partition coefficient (Wildman–Crippen LogP) is 3.01. The smallest absolute Gasteiger partial charge is 0.287 e. The van der Waals surface area contributed by atoms with Crippen molar-refractivity contribution in [2.75, 3.05) is 26.7 Å². The van der Waals surface area contributed by atoms with Gasteiger partial charge in [0.05, 0.1) is 11.6 Å². The van der Waals surface area contributed by atoms with Gasteiger partial charge in [0.1, 0.15) is 5.76 Å². The Labute approximate surface area is 171 Å². The molecule has 2 saturated heterocycles. The van der Waals surface area contributed by atoms with Crippen molar-refractivity contribution >= 4 is 11.8 Å². The van der Waals surface area contributed by atoms with Crippen molar-refractivity contribution in [2.45, 2.75) is 44.7 Å². The number of aryl methyl sites for hydroxylation is 2. The van der Waals surface area contributed by atoms with E-state index < -0.39 is 0 Å². The lowest BCUT2D eigenvalue weighted by molar-refractivity contribution is 0.0313. The third kappa shape index (κ3) is 3.57. The number of carbonyl (C=O) groups excluding carboxylic acids is 2. The zero-order valence-electron chi connectivity index (χ0n) is 17.4. The number of amides is 2. The number of carbonyl (C=O) groups is 2. The first-order chi connectivity index (χ1) is 13.9. The van der Waals surface area contributed by atoms with Crippen LogP contribution in [0.2, 0.25) is 0 Å². The summed E-state index contributed by atoms with van der Waals surface area (Å²) in [5, 5.41) is 3.20. The Hall–Kier alpha value is -2.60. The van der Waals surface area contributed by atoms with Crippen molar-refractivity contribution in [3.8, 4) is 0 Å². The Kier molecular flexibility index (Phi) is 5.21. The van der Waals surface area contributed by atoms with E-state index in [0.717, 1.165) is 49.2 Å². The average Bonchev–Trinajstić information content (AvgIpc) is 3.27. The molecule has 2 aromatic rings. The Bertz CT molecular complexity index is 922. The molecule has 6 nitrogen and oxygen atoms in total. The van der Waals surface area contributed by atoms with Gasteiger partial charge in [-0.2, -0.15) is 0 Å². The third-order valence-corrected chi connectivity index (χ3v) is 6.60. The van der Waals surface area contributed by atoms with E-state index >= 15 is 0 Å². The summed E-state index contributed by atoms with van der Waals surface area (Å²) >= 11 is 0. The van der Waals surface area contributed by atoms with Crippen LogP contribution >= 0.6 is 0 Å². The van der Waals surface area contributed by atoms with Gasteiger partial charge in [-0.05, 0) is 63.9 Å². The highest BCUT2D eigenvalue weighted by atomic mass is 16.3. The van der Waals surface area contributed by atoms with Gasteiger partial charge in [-0.25, -0.2) is 0 Å². The van der Waals surface area contributed by atoms with Crippen LogP contribution in [0.1, 0.15) is 51.5 Å². The second-order valence-electron chi connectivity index (χ2n) is 8.40. The average molecular weight is 396 g/mol. The van der Waals surface area contributed by atoms with Gasteiger partial charge in [-0.3, -0.25) is 14.5 Å². The summed E-state index contributed by atoms with van der Waals surface area (Å²) in [6.45, 7) is 6.08. The zero-order chi connectivity index (χ0) is 20.6. The molecular formula is C23H29N3O3. The van der Waals surface area contributed by atoms with Gasteiger partial charge in [0, 0.05) is 25.2 Å². The van der Waals surface area contributed by atoms with Crippen LogP contribution in [0.25, 0.3) is 0 Å². The fourth-order valence-corrected chi connectivity index (χ4v) is 4.89. The molecule has 4 rings (SSSR count). The Morgan fingerprint density at radius 3 is 2.66 bits per heavy atom. The number of nitrogens with one attached hydrogen (secondary N) is 1. The second kappa shape index (κ2) is 7.67. The van der Waals surface area contributed by atoms with Crippen LogP contribution in [0.15, 0.2) is 40.8 Å². The Morgan fingerprint density at radius 2 is 1.93 bits per heavy atom. The molecule has 6 heteroatoms. The van der Waals surface area contributed by atoms with Gasteiger partial charge in [0.25, 0.3) is 11.8 Å². The molecule has 2 unspecified atom stereocenters. The zero-order valence-corrected chi connectivity index (χ0v) is 17.4. The molecule has 0 bridgehead atoms. The first-order valence-corrected chi connectivity index (χ1v) is 10.3. The van der Waals surface area contributed by atoms with E-state index in [0.29, 0.717) is 12.3 Å². The number of hydrogen-bond acceptors (Lipinski definition) is 4. The van der Waals surface area contributed by atoms with Crippen LogP contribution in [0.4, 0.5) is 0 Å². The SMILES string of the molecule is Cc1ccc(C(=O)NC2CCN(C)C23CCCN(C(=O)c2ccccc2C)C3)o1. The van der Waals surface area contributed by atoms with Crippen LogP contribution < -0.4 is 5.32 Å². The highest BCUT2D eigenvalue weighted by Crippen LogP contribution is 2.37. The van der Waals surface area contributed by atoms with E-state index in [4.69, 9.17) is 4.42 Å². The van der Waals surface area contributed by atoms with Gasteiger partial charge in [-0.1, -0.05) is 18.2 Å². The summed E-state index contributed by atoms with van der Waals surface area (Å²) in [7, 11) is 2.10. The van der Waals surface area contributed by atoms with Crippen LogP contribution in [-0.2, 0) is 0 Å². The fraction of sp³-hybridized carbons (Fsp3) is 0.478. The monoisotopic (exact) mass is 395 g/mol. The quantitative estimate of drug-likeness (QED) is 0.868. The molecular weight excluding hydrogens is 366 g/mol. The first-order valence-electron chi connectivity index (χ1n) is 10.3. The van der Waals surface area contributed by atoms with Crippen LogP contribution in [0.3, 0.4) is 0 Å². The molecule has 1 N–H and O–H groups in total. The van der Waals surface area contributed by atoms with E-state index in [1.54, 1.807) is 12.1 Å². The molecule has 1 aromatic heterocycles. The molecule has 2 amide bonds. The van der Waals surface area contributed by atoms with Gasteiger partial charge in [0.2, 0.25) is 0 Å². The molecule has 1 spiro atoms. The highest BCUT2D eigenvalue weighted by Gasteiger charge is 2.50. The van der Waals surface area contributed by atoms with Crippen molar-refractivity contribution in [1.82, 2.24) is 15.1 Å². The lowest BCUT2D eigenvalue weighted by Gasteiger charge is -2.47. The minimum absolute atomic E-state index is 0.0159. The molecule has 0 aliphatic carbocycles. The lowest BCUT2D eigenvalue weighted by Crippen LogP contribution is -2.64. The highest BCUT2D eigenvalue weighted by molar-refractivity contribution is 5.96. The van der Waals surface area contributed by atoms with Gasteiger partial charge in [-0.15, -0.1) is 0 Å². The largest absolute Gasteiger partial charge is 0.456 e. The van der Waals surface area contributed by atoms with E-state index in [1.165, 1.54) is 0 Å². The van der Waals surface area contributed by atoms with E-state index in [1.807, 2.05) is 43.0 Å². The molecule has 2 aliphatic rings. The fourth-order valence-electron chi connectivity index (χ4n) is 4.89. The van der Waals surface area contributed by atoms with E-state index in [2.05, 4.69) is 17.3 Å². The van der Waals surface area contributed by atoms with Crippen LogP contribution in [-0.4, -0.2) is 59.9 Å². The molecule has 0 saturated carbocycles. The van der Waals surface area contributed by atoms with Crippen molar-refractivity contribution < 1.29 is 14.0 Å². The molecule has 2 atom stereocenters. The molecule has 1 aromatic carbocycles. The molecule has 2 aliphatic heterocycles. The third-order valence-electron chi connectivity index (χ3n) is 6.60. The maximum Gasteiger partial charge on any atom is 0.287 e. The number of rotatable bonds is 3. The van der Waals surface area contributed by atoms with Gasteiger partial charge >= 0.3 is 0 Å². The predicted molar refractivity (Wildman–Crippen MR) is 111 cm³/mol. The summed E-state index contributed by atoms with van der Waals surface area (Å²) < 4.78 is 5.50. The van der Waals surface area contributed by atoms with Gasteiger partial charge < -0.3 is 14.6 Å². The Morgan fingerprint density at radius 1 is 1.14 bits per heavy atom. The van der Waals surface area contributed by atoms with E-state index in [9.17, 15) is 9.59 Å². The standard InChI is InChI=1S/C23H29N3O3/c1-16-7-4-5-8-18(16)22(28)26-13-6-12-23(15-26)20(11-14-25(23)3)24-21(27)19-10-9-17(2)29-19/h4-5,7-10,20H,6,11-15H2,1-3H3,(H,24,27). The molecule has 2 fully saturated rings. The number of likely N-dealkylation sites (N-methyl/N-ethyl adjacent to an activating group) is 1. The minimum Gasteiger partial charge on any atom is -0.456 e. The number of hydrogen-bond donors (Lipinski definition) is 1. The first kappa shape index (κ1) is 19.7. The van der Waals surface area contributed by atoms with Crippen LogP contribution in [0, 0.1) is 13.8 Å². The number of piperidine rings is 1. The number of nitrogens with zero attached hydrogens (tertiary/aromatic N) is 2. The van der Waals surface area contributed by atoms with Crippen LogP contribution in [0.5, 0.6) is 0 Å². The lowest BCUT2D eigenvalue weighted by atomic mass is 9.82. The van der Waals surface area contributed by atoms with Gasteiger partial charge in [0.15, 0.2) is 5.76 Å². The number of benzene rings is 1. The van der Waals surface area contributed by atoms with Crippen molar-refractivity contribution in [3.63, 3.8) is 0 Å². The summed E-state index contributed by atoms with van der Waals surface area (Å²) in [6, 6.07) is 11.2. The topological polar surface area (TPSA) is 65.8 Å². The van der Waals surface area contributed by atoms with Crippen molar-refractivity contribution in [1.29, 1.82) is 0 Å². The molecule has 154 valence electrons. The number of likely N-dealkylation sites (tertiary alicyclic amines) is 2. The van der Waals surface area contributed by atoms with Crippen molar-refractivity contribution in [3.05, 3.63) is 59.0 Å². The van der Waals surface area contributed by atoms with E-state index in [-0.39, 0.29) is 23.4 Å². The summed E-state index contributed by atoms with van der Waals surface area (Å²) in [5.74, 6) is 0.964. The molecule has 3 heterocycles. The summed E-state index contributed by atoms with van der Waals surface area (Å²) in [5.41, 5.74) is 1.51. The second-order valence-corrected chi connectivity index (χ2v) is 8.40. The molecule has 29 heavy (non-hydrogen) atoms. The minimum atomic E-state index is -0.242. The summed E-state index contributed by atoms with van der Waals surface area (Å²) in [6.07, 6.45) is 2.76. The normalized spacial score (nSPS) is 24.8. The van der Waals surface area contributed by atoms with Crippen molar-refractivity contribution in [2.24, 2.45) is 0 Å². The maximum atomic E-state index is 13.2. The Balaban J connectivity index is 1.55. The molecule has 0 radical (unpaired) electrons. The number of furan rings is 1. The maximum absolute atomic E-state index is 13.2. The summed E-state index contributed by atoms with van der Waals surface area (Å²) in [4.78, 5) is 30.2.